The molecule has 7 heteroatoms. The van der Waals surface area contributed by atoms with Gasteiger partial charge in [0.1, 0.15) is 0 Å². The van der Waals surface area contributed by atoms with Crippen molar-refractivity contribution in [2.45, 2.75) is 12.8 Å². The lowest BCUT2D eigenvalue weighted by molar-refractivity contribution is 0.171. The first kappa shape index (κ1) is 20.1. The number of benzene rings is 1. The maximum absolute atomic E-state index is 5.51. The lowest BCUT2D eigenvalue weighted by atomic mass is 9.95. The molecule has 2 aromatic rings. The van der Waals surface area contributed by atoms with Crippen LogP contribution >= 0.6 is 24.8 Å². The van der Waals surface area contributed by atoms with E-state index < -0.39 is 0 Å². The first-order chi connectivity index (χ1) is 11.8. The average Bonchev–Trinajstić information content (AvgIpc) is 3.11. The standard InChI is InChI=1S/C19H18N2O3.2ClH/c1-22-16-9-13(10-17-19(16)24-12-23-17)8-14-4-3-7-21-18(14)15-5-2-6-20-11-15;;/h2,5-6,8-11H,3-4,7,12H2,1H3;2*1H/b14-8+;;. The highest BCUT2D eigenvalue weighted by Gasteiger charge is 2.20. The van der Waals surface area contributed by atoms with Gasteiger partial charge in [-0.25, -0.2) is 0 Å². The summed E-state index contributed by atoms with van der Waals surface area (Å²) in [5.74, 6) is 2.08. The van der Waals surface area contributed by atoms with Gasteiger partial charge in [0.05, 0.1) is 12.8 Å². The largest absolute Gasteiger partial charge is 0.493 e. The van der Waals surface area contributed by atoms with Crippen LogP contribution in [-0.4, -0.2) is 31.1 Å². The Morgan fingerprint density at radius 3 is 2.85 bits per heavy atom. The molecule has 0 amide bonds. The molecule has 1 aromatic heterocycles. The van der Waals surface area contributed by atoms with E-state index in [0.717, 1.165) is 42.0 Å². The predicted molar refractivity (Wildman–Crippen MR) is 106 cm³/mol. The lowest BCUT2D eigenvalue weighted by Crippen LogP contribution is -2.11. The molecule has 0 N–H and O–H groups in total. The summed E-state index contributed by atoms with van der Waals surface area (Å²) in [5, 5.41) is 0. The number of pyridine rings is 1. The first-order valence-corrected chi connectivity index (χ1v) is 7.98. The predicted octanol–water partition coefficient (Wildman–Crippen LogP) is 4.33. The van der Waals surface area contributed by atoms with Gasteiger partial charge in [-0.05, 0) is 54.3 Å². The summed E-state index contributed by atoms with van der Waals surface area (Å²) in [6.07, 6.45) is 7.83. The molecule has 0 atom stereocenters. The van der Waals surface area contributed by atoms with Crippen LogP contribution in [0, 0.1) is 0 Å². The second-order valence-corrected chi connectivity index (χ2v) is 5.70. The number of rotatable bonds is 3. The molecule has 0 unspecified atom stereocenters. The number of aromatic nitrogens is 1. The molecule has 0 fully saturated rings. The molecular formula is C19H20Cl2N2O3. The summed E-state index contributed by atoms with van der Waals surface area (Å²) in [5.41, 5.74) is 4.29. The fourth-order valence-corrected chi connectivity index (χ4v) is 3.03. The van der Waals surface area contributed by atoms with Crippen LogP contribution in [0.1, 0.15) is 24.0 Å². The monoisotopic (exact) mass is 394 g/mol. The minimum Gasteiger partial charge on any atom is -0.493 e. The minimum atomic E-state index is 0. The zero-order valence-electron chi connectivity index (χ0n) is 14.3. The number of hydrogen-bond donors (Lipinski definition) is 0. The molecule has 0 aliphatic carbocycles. The second-order valence-electron chi connectivity index (χ2n) is 5.70. The van der Waals surface area contributed by atoms with Crippen molar-refractivity contribution in [3.05, 3.63) is 53.4 Å². The molecule has 1 aromatic carbocycles. The molecule has 3 heterocycles. The number of halogens is 2. The van der Waals surface area contributed by atoms with Gasteiger partial charge in [0.25, 0.3) is 0 Å². The zero-order valence-corrected chi connectivity index (χ0v) is 15.9. The van der Waals surface area contributed by atoms with E-state index in [9.17, 15) is 0 Å². The highest BCUT2D eigenvalue weighted by molar-refractivity contribution is 6.15. The van der Waals surface area contributed by atoms with Gasteiger partial charge in [-0.15, -0.1) is 24.8 Å². The number of methoxy groups -OCH3 is 1. The van der Waals surface area contributed by atoms with Crippen LogP contribution in [0.5, 0.6) is 17.2 Å². The maximum Gasteiger partial charge on any atom is 0.231 e. The van der Waals surface area contributed by atoms with Crippen molar-refractivity contribution in [3.63, 3.8) is 0 Å². The topological polar surface area (TPSA) is 52.9 Å². The van der Waals surface area contributed by atoms with Gasteiger partial charge < -0.3 is 14.2 Å². The highest BCUT2D eigenvalue weighted by Crippen LogP contribution is 2.42. The number of nitrogens with zero attached hydrogens (tertiary/aromatic N) is 2. The summed E-state index contributed by atoms with van der Waals surface area (Å²) in [4.78, 5) is 8.92. The van der Waals surface area contributed by atoms with E-state index in [1.807, 2.05) is 30.5 Å². The molecule has 138 valence electrons. The van der Waals surface area contributed by atoms with Crippen LogP contribution in [-0.2, 0) is 0 Å². The van der Waals surface area contributed by atoms with Gasteiger partial charge in [-0.3, -0.25) is 9.98 Å². The Kier molecular flexibility index (Phi) is 6.89. The molecule has 2 aliphatic heterocycles. The van der Waals surface area contributed by atoms with Crippen LogP contribution in [0.2, 0.25) is 0 Å². The smallest absolute Gasteiger partial charge is 0.231 e. The SMILES string of the molecule is COc1cc(/C=C2\CCCN=C2c2cccnc2)cc2c1OCO2.Cl.Cl. The third-order valence-corrected chi connectivity index (χ3v) is 4.13. The third-order valence-electron chi connectivity index (χ3n) is 4.13. The van der Waals surface area contributed by atoms with Crippen molar-refractivity contribution >= 4 is 36.6 Å². The number of ether oxygens (including phenoxy) is 3. The van der Waals surface area contributed by atoms with E-state index in [-0.39, 0.29) is 31.6 Å². The van der Waals surface area contributed by atoms with Gasteiger partial charge >= 0.3 is 0 Å². The van der Waals surface area contributed by atoms with Crippen LogP contribution < -0.4 is 14.2 Å². The minimum absolute atomic E-state index is 0. The number of hydrogen-bond acceptors (Lipinski definition) is 5. The Balaban J connectivity index is 0.00000121. The Bertz CT molecular complexity index is 823. The van der Waals surface area contributed by atoms with Crippen molar-refractivity contribution in [3.8, 4) is 17.2 Å². The van der Waals surface area contributed by atoms with E-state index in [4.69, 9.17) is 19.2 Å². The van der Waals surface area contributed by atoms with Gasteiger partial charge in [0.2, 0.25) is 12.5 Å². The average molecular weight is 395 g/mol. The Hall–Kier alpha value is -2.24. The maximum atomic E-state index is 5.51. The molecule has 4 rings (SSSR count). The first-order valence-electron chi connectivity index (χ1n) is 7.98. The normalized spacial score (nSPS) is 16.3. The van der Waals surface area contributed by atoms with E-state index in [2.05, 4.69) is 11.1 Å². The third kappa shape index (κ3) is 3.94. The molecule has 5 nitrogen and oxygen atoms in total. The molecule has 0 bridgehead atoms. The lowest BCUT2D eigenvalue weighted by Gasteiger charge is -2.16. The quantitative estimate of drug-likeness (QED) is 0.777. The van der Waals surface area contributed by atoms with Gasteiger partial charge in [0.15, 0.2) is 11.5 Å². The Morgan fingerprint density at radius 1 is 1.19 bits per heavy atom. The van der Waals surface area contributed by atoms with Gasteiger partial charge in [0, 0.05) is 24.5 Å². The Morgan fingerprint density at radius 2 is 2.08 bits per heavy atom. The summed E-state index contributed by atoms with van der Waals surface area (Å²) >= 11 is 0. The van der Waals surface area contributed by atoms with Crippen LogP contribution in [0.25, 0.3) is 6.08 Å². The molecule has 26 heavy (non-hydrogen) atoms. The second kappa shape index (κ2) is 8.92. The van der Waals surface area contributed by atoms with E-state index in [1.165, 1.54) is 5.57 Å². The van der Waals surface area contributed by atoms with E-state index >= 15 is 0 Å². The molecule has 0 saturated heterocycles. The Labute approximate surface area is 164 Å². The van der Waals surface area contributed by atoms with Crippen molar-refractivity contribution in [2.24, 2.45) is 4.99 Å². The molecule has 2 aliphatic rings. The summed E-state index contributed by atoms with van der Waals surface area (Å²) in [6, 6.07) is 7.93. The van der Waals surface area contributed by atoms with Crippen molar-refractivity contribution in [1.29, 1.82) is 0 Å². The molecule has 0 saturated carbocycles. The van der Waals surface area contributed by atoms with E-state index in [0.29, 0.717) is 11.5 Å². The van der Waals surface area contributed by atoms with Crippen LogP contribution in [0.3, 0.4) is 0 Å². The number of aliphatic imine (C=N–C) groups is 1. The fraction of sp³-hybridized carbons (Fsp3) is 0.263. The van der Waals surface area contributed by atoms with Crippen molar-refractivity contribution in [2.75, 3.05) is 20.4 Å². The fourth-order valence-electron chi connectivity index (χ4n) is 3.03. The van der Waals surface area contributed by atoms with Gasteiger partial charge in [-0.2, -0.15) is 0 Å². The zero-order chi connectivity index (χ0) is 16.4. The van der Waals surface area contributed by atoms with Gasteiger partial charge in [-0.1, -0.05) is 0 Å². The molecule has 0 spiro atoms. The molecule has 0 radical (unpaired) electrons. The van der Waals surface area contributed by atoms with E-state index in [1.54, 1.807) is 13.3 Å². The van der Waals surface area contributed by atoms with Crippen molar-refractivity contribution < 1.29 is 14.2 Å². The number of allylic oxidation sites excluding steroid dienone is 1. The summed E-state index contributed by atoms with van der Waals surface area (Å²) in [7, 11) is 1.64. The van der Waals surface area contributed by atoms with Crippen LogP contribution in [0.4, 0.5) is 0 Å². The summed E-state index contributed by atoms with van der Waals surface area (Å²) < 4.78 is 16.4. The van der Waals surface area contributed by atoms with Crippen molar-refractivity contribution in [1.82, 2.24) is 4.98 Å². The number of fused-ring (bicyclic) bond motifs is 1. The van der Waals surface area contributed by atoms with Crippen LogP contribution in [0.15, 0.2) is 47.2 Å². The summed E-state index contributed by atoms with van der Waals surface area (Å²) in [6.45, 7) is 1.08. The molecular weight excluding hydrogens is 375 g/mol. The highest BCUT2D eigenvalue weighted by atomic mass is 35.5.